The molecule has 84 valence electrons. The van der Waals surface area contributed by atoms with E-state index in [-0.39, 0.29) is 0 Å². The lowest BCUT2D eigenvalue weighted by Gasteiger charge is -2.23. The van der Waals surface area contributed by atoms with Crippen LogP contribution in [-0.4, -0.2) is 41.1 Å². The second kappa shape index (κ2) is 5.38. The molecule has 1 aliphatic rings. The number of rotatable bonds is 3. The van der Waals surface area contributed by atoms with E-state index in [0.717, 1.165) is 6.42 Å². The van der Waals surface area contributed by atoms with Crippen molar-refractivity contribution in [3.8, 4) is 0 Å². The van der Waals surface area contributed by atoms with Crippen molar-refractivity contribution in [3.63, 3.8) is 0 Å². The maximum Gasteiger partial charge on any atom is 0.0116 e. The van der Waals surface area contributed by atoms with E-state index in [1.807, 2.05) is 0 Å². The maximum atomic E-state index is 5.77. The Bertz CT molecular complexity index is 169. The van der Waals surface area contributed by atoms with E-state index < -0.39 is 0 Å². The molecule has 1 atom stereocenters. The van der Waals surface area contributed by atoms with Gasteiger partial charge in [-0.15, -0.1) is 0 Å². The lowest BCUT2D eigenvalue weighted by Crippen LogP contribution is -2.31. The van der Waals surface area contributed by atoms with Gasteiger partial charge in [0, 0.05) is 23.1 Å². The van der Waals surface area contributed by atoms with Crippen LogP contribution < -0.4 is 5.73 Å². The molecule has 1 aliphatic heterocycles. The topological polar surface area (TPSA) is 29.3 Å². The average molecular weight is 216 g/mol. The third-order valence-corrected chi connectivity index (χ3v) is 4.20. The number of thioether (sulfide) groups is 1. The van der Waals surface area contributed by atoms with Crippen LogP contribution in [0.2, 0.25) is 0 Å². The predicted octanol–water partition coefficient (Wildman–Crippen LogP) is 1.94. The van der Waals surface area contributed by atoms with Crippen LogP contribution in [0.25, 0.3) is 0 Å². The van der Waals surface area contributed by atoms with Crippen LogP contribution in [0.15, 0.2) is 0 Å². The fourth-order valence-corrected chi connectivity index (χ4v) is 2.81. The summed E-state index contributed by atoms with van der Waals surface area (Å²) in [4.78, 5) is 2.56. The SMILES string of the molecule is CC(N)CCN1CCSC(C)(C)CC1. The van der Waals surface area contributed by atoms with Crippen molar-refractivity contribution >= 4 is 11.8 Å². The van der Waals surface area contributed by atoms with E-state index in [0.29, 0.717) is 10.8 Å². The lowest BCUT2D eigenvalue weighted by molar-refractivity contribution is 0.275. The van der Waals surface area contributed by atoms with Gasteiger partial charge in [0.2, 0.25) is 0 Å². The van der Waals surface area contributed by atoms with Crippen molar-refractivity contribution < 1.29 is 0 Å². The summed E-state index contributed by atoms with van der Waals surface area (Å²) in [5, 5.41) is 0. The van der Waals surface area contributed by atoms with Gasteiger partial charge in [0.1, 0.15) is 0 Å². The summed E-state index contributed by atoms with van der Waals surface area (Å²) >= 11 is 2.11. The van der Waals surface area contributed by atoms with Crippen LogP contribution in [0.5, 0.6) is 0 Å². The molecule has 0 aromatic rings. The number of nitrogens with zero attached hydrogens (tertiary/aromatic N) is 1. The molecule has 3 heteroatoms. The average Bonchev–Trinajstić information content (AvgIpc) is 2.23. The molecular formula is C11H24N2S. The molecule has 0 aromatic heterocycles. The lowest BCUT2D eigenvalue weighted by atomic mass is 10.1. The van der Waals surface area contributed by atoms with Crippen molar-refractivity contribution in [2.24, 2.45) is 5.73 Å². The number of nitrogens with two attached hydrogens (primary N) is 1. The normalized spacial score (nSPS) is 25.7. The molecule has 2 nitrogen and oxygen atoms in total. The Labute approximate surface area is 92.6 Å². The Hall–Kier alpha value is 0.270. The molecular weight excluding hydrogens is 192 g/mol. The standard InChI is InChI=1S/C11H24N2S/c1-10(12)4-6-13-7-5-11(2,3)14-9-8-13/h10H,4-9,12H2,1-3H3. The first-order valence-electron chi connectivity index (χ1n) is 5.61. The van der Waals surface area contributed by atoms with E-state index in [9.17, 15) is 0 Å². The molecule has 0 radical (unpaired) electrons. The van der Waals surface area contributed by atoms with Crippen molar-refractivity contribution in [2.45, 2.75) is 44.4 Å². The zero-order valence-electron chi connectivity index (χ0n) is 9.75. The largest absolute Gasteiger partial charge is 0.328 e. The highest BCUT2D eigenvalue weighted by molar-refractivity contribution is 8.00. The van der Waals surface area contributed by atoms with Crippen molar-refractivity contribution in [3.05, 3.63) is 0 Å². The molecule has 0 amide bonds. The second-order valence-electron chi connectivity index (χ2n) is 4.97. The van der Waals surface area contributed by atoms with E-state index >= 15 is 0 Å². The summed E-state index contributed by atoms with van der Waals surface area (Å²) in [6, 6.07) is 0.346. The zero-order valence-corrected chi connectivity index (χ0v) is 10.6. The van der Waals surface area contributed by atoms with Crippen LogP contribution in [0, 0.1) is 0 Å². The quantitative estimate of drug-likeness (QED) is 0.782. The van der Waals surface area contributed by atoms with Crippen LogP contribution >= 0.6 is 11.8 Å². The van der Waals surface area contributed by atoms with Crippen molar-refractivity contribution in [1.82, 2.24) is 4.90 Å². The van der Waals surface area contributed by atoms with Gasteiger partial charge in [-0.3, -0.25) is 0 Å². The highest BCUT2D eigenvalue weighted by atomic mass is 32.2. The fourth-order valence-electron chi connectivity index (χ4n) is 1.67. The van der Waals surface area contributed by atoms with Crippen LogP contribution in [-0.2, 0) is 0 Å². The Balaban J connectivity index is 2.28. The van der Waals surface area contributed by atoms with E-state index in [2.05, 4.69) is 37.4 Å². The Morgan fingerprint density at radius 2 is 2.14 bits per heavy atom. The highest BCUT2D eigenvalue weighted by Crippen LogP contribution is 2.30. The van der Waals surface area contributed by atoms with Crippen LogP contribution in [0.3, 0.4) is 0 Å². The number of hydrogen-bond donors (Lipinski definition) is 1. The first-order chi connectivity index (χ1) is 6.49. The molecule has 0 saturated carbocycles. The summed E-state index contributed by atoms with van der Waals surface area (Å²) in [7, 11) is 0. The summed E-state index contributed by atoms with van der Waals surface area (Å²) < 4.78 is 0.475. The van der Waals surface area contributed by atoms with Gasteiger partial charge in [-0.2, -0.15) is 11.8 Å². The summed E-state index contributed by atoms with van der Waals surface area (Å²) in [6.45, 7) is 10.5. The van der Waals surface area contributed by atoms with E-state index in [1.165, 1.54) is 31.8 Å². The van der Waals surface area contributed by atoms with E-state index in [4.69, 9.17) is 5.73 Å². The molecule has 0 aliphatic carbocycles. The summed E-state index contributed by atoms with van der Waals surface area (Å²) in [5.41, 5.74) is 5.77. The molecule has 1 heterocycles. The smallest absolute Gasteiger partial charge is 0.0116 e. The number of hydrogen-bond acceptors (Lipinski definition) is 3. The third-order valence-electron chi connectivity index (χ3n) is 2.83. The summed E-state index contributed by atoms with van der Waals surface area (Å²) in [6.07, 6.45) is 2.43. The second-order valence-corrected chi connectivity index (χ2v) is 6.77. The molecule has 0 spiro atoms. The van der Waals surface area contributed by atoms with Gasteiger partial charge in [0.05, 0.1) is 0 Å². The molecule has 1 saturated heterocycles. The molecule has 1 rings (SSSR count). The maximum absolute atomic E-state index is 5.77. The minimum Gasteiger partial charge on any atom is -0.328 e. The predicted molar refractivity (Wildman–Crippen MR) is 65.9 cm³/mol. The molecule has 1 fully saturated rings. The van der Waals surface area contributed by atoms with Gasteiger partial charge in [-0.05, 0) is 32.9 Å². The Kier molecular flexibility index (Phi) is 4.74. The Morgan fingerprint density at radius 3 is 2.79 bits per heavy atom. The first-order valence-corrected chi connectivity index (χ1v) is 6.60. The highest BCUT2D eigenvalue weighted by Gasteiger charge is 2.23. The molecule has 14 heavy (non-hydrogen) atoms. The first kappa shape index (κ1) is 12.3. The summed E-state index contributed by atoms with van der Waals surface area (Å²) in [5.74, 6) is 1.27. The Morgan fingerprint density at radius 1 is 1.43 bits per heavy atom. The fraction of sp³-hybridized carbons (Fsp3) is 1.00. The molecule has 0 aromatic carbocycles. The van der Waals surface area contributed by atoms with Gasteiger partial charge in [-0.25, -0.2) is 0 Å². The van der Waals surface area contributed by atoms with Gasteiger partial charge in [-0.1, -0.05) is 13.8 Å². The molecule has 1 unspecified atom stereocenters. The van der Waals surface area contributed by atoms with Gasteiger partial charge >= 0.3 is 0 Å². The van der Waals surface area contributed by atoms with Crippen molar-refractivity contribution in [1.29, 1.82) is 0 Å². The minimum absolute atomic E-state index is 0.346. The molecule has 0 bridgehead atoms. The third kappa shape index (κ3) is 4.67. The van der Waals surface area contributed by atoms with Crippen molar-refractivity contribution in [2.75, 3.05) is 25.4 Å². The van der Waals surface area contributed by atoms with E-state index in [1.54, 1.807) is 0 Å². The zero-order chi connectivity index (χ0) is 10.6. The van der Waals surface area contributed by atoms with Crippen LogP contribution in [0.4, 0.5) is 0 Å². The van der Waals surface area contributed by atoms with Gasteiger partial charge in [0.25, 0.3) is 0 Å². The van der Waals surface area contributed by atoms with Gasteiger partial charge < -0.3 is 10.6 Å². The minimum atomic E-state index is 0.346. The molecule has 2 N–H and O–H groups in total. The van der Waals surface area contributed by atoms with Crippen LogP contribution in [0.1, 0.15) is 33.6 Å². The monoisotopic (exact) mass is 216 g/mol. The van der Waals surface area contributed by atoms with Gasteiger partial charge in [0.15, 0.2) is 0 Å².